The molecule has 0 atom stereocenters. The topological polar surface area (TPSA) is 204 Å². The zero-order chi connectivity index (χ0) is 42.8. The lowest BCUT2D eigenvalue weighted by molar-refractivity contribution is 0.318. The first-order valence-corrected chi connectivity index (χ1v) is 20.4. The van der Waals surface area contributed by atoms with Crippen LogP contribution in [0, 0.1) is 6.92 Å². The zero-order valence-corrected chi connectivity index (χ0v) is 34.0. The van der Waals surface area contributed by atoms with Crippen LogP contribution in [-0.2, 0) is 10.1 Å². The van der Waals surface area contributed by atoms with Crippen LogP contribution in [0.15, 0.2) is 185 Å². The predicted octanol–water partition coefficient (Wildman–Crippen LogP) is 14.3. The highest BCUT2D eigenvalue weighted by molar-refractivity contribution is 7.86. The van der Waals surface area contributed by atoms with Gasteiger partial charge in [0.05, 0.1) is 36.5 Å². The second-order valence-corrected chi connectivity index (χ2v) is 14.8. The van der Waals surface area contributed by atoms with Gasteiger partial charge in [0.15, 0.2) is 5.75 Å². The number of methoxy groups -OCH3 is 1. The first-order valence-electron chi connectivity index (χ1n) is 18.9. The molecule has 0 radical (unpaired) electrons. The number of ether oxygens (including phenoxy) is 2. The molecular weight excluding hydrogens is 795 g/mol. The molecule has 16 heteroatoms. The largest absolute Gasteiger partial charge is 0.505 e. The number of fused-ring (bicyclic) bond motifs is 1. The number of benzene rings is 7. The van der Waals surface area contributed by atoms with Gasteiger partial charge in [-0.05, 0) is 115 Å². The van der Waals surface area contributed by atoms with Crippen LogP contribution in [0.4, 0.5) is 56.9 Å². The number of hydrogen-bond acceptors (Lipinski definition) is 14. The Balaban J connectivity index is 1.02. The maximum Gasteiger partial charge on any atom is 0.296 e. The summed E-state index contributed by atoms with van der Waals surface area (Å²) in [5.41, 5.74) is 5.96. The monoisotopic (exact) mass is 833 g/mol. The van der Waals surface area contributed by atoms with Crippen LogP contribution in [0.2, 0.25) is 0 Å². The third-order valence-corrected chi connectivity index (χ3v) is 9.91. The predicted molar refractivity (Wildman–Crippen MR) is 235 cm³/mol. The number of para-hydroxylation sites is 1. The summed E-state index contributed by atoms with van der Waals surface area (Å²) >= 11 is 0. The molecule has 7 aromatic carbocycles. The Morgan fingerprint density at radius 3 is 1.84 bits per heavy atom. The number of azo groups is 4. The van der Waals surface area contributed by atoms with E-state index in [0.717, 1.165) is 28.7 Å². The number of anilines is 2. The number of nitrogens with zero attached hydrogens (tertiary/aromatic N) is 8. The van der Waals surface area contributed by atoms with Crippen LogP contribution in [0.3, 0.4) is 0 Å². The molecule has 15 nitrogen and oxygen atoms in total. The molecule has 61 heavy (non-hydrogen) atoms. The second kappa shape index (κ2) is 18.9. The zero-order valence-electron chi connectivity index (χ0n) is 33.2. The molecule has 0 aliphatic heterocycles. The number of rotatable bonds is 15. The highest BCUT2D eigenvalue weighted by Crippen LogP contribution is 2.40. The standard InChI is InChI=1S/C45H39N9O6S/c1-4-24-60-43-28-35(18-23-39(43)52-53-40-12-8-9-13-44(40)61(56,57)58)49-50-37-21-16-33(25-29(37)2)47-48-34-17-22-38(42(27-34)59-3)51-54-41-20-14-30-26-32(15-19-36(30)45(41)55)46-31-10-6-5-7-11-31/h5-23,25-28,46,55H,4,24H2,1-3H3,(H,56,57,58). The minimum atomic E-state index is -4.49. The summed E-state index contributed by atoms with van der Waals surface area (Å²) in [5, 5.41) is 50.4. The summed E-state index contributed by atoms with van der Waals surface area (Å²) in [6.45, 7) is 4.24. The quantitative estimate of drug-likeness (QED) is 0.0672. The fourth-order valence-electron chi connectivity index (χ4n) is 5.95. The first-order chi connectivity index (χ1) is 29.6. The van der Waals surface area contributed by atoms with Crippen LogP contribution in [-0.4, -0.2) is 31.8 Å². The van der Waals surface area contributed by atoms with Crippen molar-refractivity contribution in [1.29, 1.82) is 0 Å². The highest BCUT2D eigenvalue weighted by Gasteiger charge is 2.15. The fourth-order valence-corrected chi connectivity index (χ4v) is 6.57. The molecule has 0 saturated heterocycles. The Kier molecular flexibility index (Phi) is 12.9. The van der Waals surface area contributed by atoms with Crippen molar-refractivity contribution >= 4 is 77.8 Å². The third kappa shape index (κ3) is 10.5. The van der Waals surface area contributed by atoms with E-state index in [2.05, 4.69) is 46.2 Å². The van der Waals surface area contributed by atoms with Crippen LogP contribution in [0.25, 0.3) is 10.8 Å². The Hall–Kier alpha value is -7.69. The molecule has 0 unspecified atom stereocenters. The maximum absolute atomic E-state index is 11.8. The average Bonchev–Trinajstić information content (AvgIpc) is 3.27. The summed E-state index contributed by atoms with van der Waals surface area (Å²) in [5.74, 6) is 0.818. The Bertz CT molecular complexity index is 2940. The van der Waals surface area contributed by atoms with Gasteiger partial charge in [-0.15, -0.1) is 20.5 Å². The minimum Gasteiger partial charge on any atom is -0.505 e. The molecular formula is C45H39N9O6S. The van der Waals surface area contributed by atoms with Crippen molar-refractivity contribution in [3.63, 3.8) is 0 Å². The molecule has 0 amide bonds. The van der Waals surface area contributed by atoms with Crippen molar-refractivity contribution in [2.24, 2.45) is 40.9 Å². The van der Waals surface area contributed by atoms with E-state index in [4.69, 9.17) is 9.47 Å². The second-order valence-electron chi connectivity index (χ2n) is 13.4. The number of nitrogens with one attached hydrogen (secondary N) is 1. The number of aromatic hydroxyl groups is 1. The van der Waals surface area contributed by atoms with E-state index in [0.29, 0.717) is 63.3 Å². The summed E-state index contributed by atoms with van der Waals surface area (Å²) in [7, 11) is -2.97. The molecule has 7 aromatic rings. The molecule has 0 fully saturated rings. The highest BCUT2D eigenvalue weighted by atomic mass is 32.2. The Labute approximate surface area is 351 Å². The van der Waals surface area contributed by atoms with Gasteiger partial charge in [0, 0.05) is 28.9 Å². The van der Waals surface area contributed by atoms with Gasteiger partial charge in [0.1, 0.15) is 39.1 Å². The van der Waals surface area contributed by atoms with Crippen molar-refractivity contribution in [1.82, 2.24) is 0 Å². The lowest BCUT2D eigenvalue weighted by Crippen LogP contribution is -1.97. The van der Waals surface area contributed by atoms with Gasteiger partial charge in [-0.3, -0.25) is 4.55 Å². The van der Waals surface area contributed by atoms with Crippen LogP contribution in [0.1, 0.15) is 18.9 Å². The maximum atomic E-state index is 11.8. The molecule has 306 valence electrons. The molecule has 3 N–H and O–H groups in total. The molecule has 0 bridgehead atoms. The Morgan fingerprint density at radius 1 is 0.574 bits per heavy atom. The van der Waals surface area contributed by atoms with Crippen molar-refractivity contribution in [3.8, 4) is 17.2 Å². The Morgan fingerprint density at radius 2 is 1.15 bits per heavy atom. The number of hydrogen-bond donors (Lipinski definition) is 3. The minimum absolute atomic E-state index is 0.0165. The van der Waals surface area contributed by atoms with Crippen LogP contribution >= 0.6 is 0 Å². The van der Waals surface area contributed by atoms with Gasteiger partial charge in [-0.2, -0.15) is 28.9 Å². The van der Waals surface area contributed by atoms with Gasteiger partial charge >= 0.3 is 0 Å². The molecule has 7 rings (SSSR count). The summed E-state index contributed by atoms with van der Waals surface area (Å²) in [6.07, 6.45) is 0.733. The summed E-state index contributed by atoms with van der Waals surface area (Å²) in [4.78, 5) is -0.357. The van der Waals surface area contributed by atoms with E-state index < -0.39 is 10.1 Å². The van der Waals surface area contributed by atoms with Gasteiger partial charge < -0.3 is 19.9 Å². The van der Waals surface area contributed by atoms with E-state index in [1.807, 2.05) is 74.5 Å². The molecule has 0 aliphatic carbocycles. The number of aryl methyl sites for hydroxylation is 1. The van der Waals surface area contributed by atoms with Gasteiger partial charge in [0.2, 0.25) is 0 Å². The molecule has 0 spiro atoms. The number of phenols is 1. The van der Waals surface area contributed by atoms with E-state index in [1.54, 1.807) is 60.7 Å². The van der Waals surface area contributed by atoms with Crippen molar-refractivity contribution in [3.05, 3.63) is 145 Å². The molecule has 0 saturated carbocycles. The molecule has 0 heterocycles. The van der Waals surface area contributed by atoms with Gasteiger partial charge in [-0.1, -0.05) is 43.3 Å². The average molecular weight is 834 g/mol. The fraction of sp³-hybridized carbons (Fsp3) is 0.111. The third-order valence-electron chi connectivity index (χ3n) is 9.01. The smallest absolute Gasteiger partial charge is 0.296 e. The SMILES string of the molecule is CCCOc1cc(N=Nc2ccc(N=Nc3ccc(N=Nc4ccc5cc(Nc6ccccc6)ccc5c4O)c(OC)c3)cc2C)ccc1N=Nc1ccccc1S(=O)(=O)O. The van der Waals surface area contributed by atoms with Crippen molar-refractivity contribution in [2.75, 3.05) is 19.0 Å². The normalized spacial score (nSPS) is 12.0. The van der Waals surface area contributed by atoms with Crippen molar-refractivity contribution in [2.45, 2.75) is 25.2 Å². The summed E-state index contributed by atoms with van der Waals surface area (Å²) < 4.78 is 44.6. The van der Waals surface area contributed by atoms with E-state index in [9.17, 15) is 18.1 Å². The summed E-state index contributed by atoms with van der Waals surface area (Å²) in [6, 6.07) is 40.4. The lowest BCUT2D eigenvalue weighted by atomic mass is 10.1. The van der Waals surface area contributed by atoms with Gasteiger partial charge in [-0.25, -0.2) is 0 Å². The van der Waals surface area contributed by atoms with E-state index in [1.165, 1.54) is 25.3 Å². The van der Waals surface area contributed by atoms with Crippen LogP contribution < -0.4 is 14.8 Å². The molecule has 0 aliphatic rings. The van der Waals surface area contributed by atoms with E-state index >= 15 is 0 Å². The van der Waals surface area contributed by atoms with Gasteiger partial charge in [0.25, 0.3) is 10.1 Å². The van der Waals surface area contributed by atoms with Crippen LogP contribution in [0.5, 0.6) is 17.2 Å². The first kappa shape index (κ1) is 41.5. The lowest BCUT2D eigenvalue weighted by Gasteiger charge is -2.09. The van der Waals surface area contributed by atoms with Crippen molar-refractivity contribution < 1.29 is 27.6 Å². The molecule has 0 aromatic heterocycles. The number of phenolic OH excluding ortho intramolecular Hbond substituents is 1. The van der Waals surface area contributed by atoms with E-state index in [-0.39, 0.29) is 16.3 Å².